The van der Waals surface area contributed by atoms with E-state index in [4.69, 9.17) is 0 Å². The van der Waals surface area contributed by atoms with Crippen LogP contribution in [-0.4, -0.2) is 25.6 Å². The first-order valence-corrected chi connectivity index (χ1v) is 4.69. The maximum atomic E-state index is 9.96. The maximum absolute atomic E-state index is 9.96. The van der Waals surface area contributed by atoms with Crippen LogP contribution < -0.4 is 10.9 Å². The summed E-state index contributed by atoms with van der Waals surface area (Å²) in [5.74, 6) is 0.286. The lowest BCUT2D eigenvalue weighted by Gasteiger charge is -2.13. The third-order valence-corrected chi connectivity index (χ3v) is 2.11. The molecule has 1 rings (SSSR count). The van der Waals surface area contributed by atoms with Crippen molar-refractivity contribution < 1.29 is 9.59 Å². The Labute approximate surface area is 87.9 Å². The first kappa shape index (κ1) is 11.4. The minimum absolute atomic E-state index is 0.286. The normalized spacial score (nSPS) is 18.9. The lowest BCUT2D eigenvalue weighted by molar-refractivity contribution is -0.110. The summed E-state index contributed by atoms with van der Waals surface area (Å²) in [5, 5.41) is 0. The number of nitrogens with zero attached hydrogens (tertiary/aromatic N) is 1. The molecule has 0 spiro atoms. The molecule has 1 atom stereocenters. The molecule has 1 aliphatic rings. The van der Waals surface area contributed by atoms with Gasteiger partial charge in [0.05, 0.1) is 6.54 Å². The minimum Gasteiger partial charge on any atom is -0.294 e. The highest BCUT2D eigenvalue weighted by atomic mass is 16.1. The van der Waals surface area contributed by atoms with E-state index in [-0.39, 0.29) is 5.92 Å². The zero-order valence-corrected chi connectivity index (χ0v) is 8.27. The Morgan fingerprint density at radius 3 is 3.13 bits per heavy atom. The second kappa shape index (κ2) is 6.70. The van der Waals surface area contributed by atoms with Crippen molar-refractivity contribution in [1.82, 2.24) is 10.9 Å². The van der Waals surface area contributed by atoms with Crippen molar-refractivity contribution in [3.05, 3.63) is 23.8 Å². The third-order valence-electron chi connectivity index (χ3n) is 2.11. The Balaban J connectivity index is 2.29. The van der Waals surface area contributed by atoms with Crippen molar-refractivity contribution in [3.8, 4) is 0 Å². The van der Waals surface area contributed by atoms with Crippen LogP contribution in [0.1, 0.15) is 6.42 Å². The molecule has 0 aliphatic heterocycles. The van der Waals surface area contributed by atoms with E-state index in [9.17, 15) is 9.59 Å². The average Bonchev–Trinajstić information content (AvgIpc) is 2.28. The van der Waals surface area contributed by atoms with Crippen LogP contribution in [0.4, 0.5) is 0 Å². The summed E-state index contributed by atoms with van der Waals surface area (Å²) in [6.45, 7) is 1.09. The highest BCUT2D eigenvalue weighted by Gasteiger charge is 2.07. The molecule has 0 unspecified atom stereocenters. The summed E-state index contributed by atoms with van der Waals surface area (Å²) in [7, 11) is 0. The zero-order valence-electron chi connectivity index (χ0n) is 8.27. The van der Waals surface area contributed by atoms with Gasteiger partial charge in [0.25, 0.3) is 0 Å². The molecule has 0 saturated carbocycles. The molecular formula is C10H13N3O2. The molecule has 5 heteroatoms. The molecule has 0 aromatic rings. The number of rotatable bonds is 6. The number of hydrazine groups is 1. The smallest absolute Gasteiger partial charge is 0.234 e. The summed E-state index contributed by atoms with van der Waals surface area (Å²) in [4.78, 5) is 23.4. The van der Waals surface area contributed by atoms with Gasteiger partial charge in [-0.15, -0.1) is 0 Å². The number of hydrogen-bond donors (Lipinski definition) is 2. The summed E-state index contributed by atoms with van der Waals surface area (Å²) in [5.41, 5.74) is 6.21. The third kappa shape index (κ3) is 4.35. The van der Waals surface area contributed by atoms with Crippen molar-refractivity contribution in [3.63, 3.8) is 0 Å². The number of amides is 1. The second-order valence-corrected chi connectivity index (χ2v) is 3.18. The van der Waals surface area contributed by atoms with Gasteiger partial charge in [0.1, 0.15) is 0 Å². The fraction of sp³-hybridized carbons (Fsp3) is 0.400. The van der Waals surface area contributed by atoms with Crippen LogP contribution >= 0.6 is 0 Å². The lowest BCUT2D eigenvalue weighted by Crippen LogP contribution is -2.32. The molecule has 0 aromatic heterocycles. The van der Waals surface area contributed by atoms with E-state index < -0.39 is 0 Å². The Bertz CT molecular complexity index is 317. The lowest BCUT2D eigenvalue weighted by atomic mass is 9.97. The quantitative estimate of drug-likeness (QED) is 0.213. The first-order chi connectivity index (χ1) is 7.36. The summed E-state index contributed by atoms with van der Waals surface area (Å²) in [6, 6.07) is 0. The molecule has 5 nitrogen and oxygen atoms in total. The molecule has 15 heavy (non-hydrogen) atoms. The number of allylic oxidation sites excluding steroid dienone is 1. The first-order valence-electron chi connectivity index (χ1n) is 4.69. The van der Waals surface area contributed by atoms with Crippen molar-refractivity contribution in [2.24, 2.45) is 10.9 Å². The molecule has 1 amide bonds. The van der Waals surface area contributed by atoms with Gasteiger partial charge < -0.3 is 0 Å². The van der Waals surface area contributed by atoms with Gasteiger partial charge in [-0.2, -0.15) is 0 Å². The van der Waals surface area contributed by atoms with Gasteiger partial charge in [-0.25, -0.2) is 15.2 Å². The van der Waals surface area contributed by atoms with Crippen LogP contribution in [0.15, 0.2) is 28.8 Å². The fourth-order valence-electron chi connectivity index (χ4n) is 1.32. The molecule has 2 N–H and O–H groups in total. The number of carbonyl (C=O) groups excluding carboxylic acids is 2. The minimum atomic E-state index is 0.286. The Hall–Kier alpha value is -1.71. The molecule has 0 radical (unpaired) electrons. The standard InChI is InChI=1S/C10H13N3O2/c14-7-11-5-9-1-3-10(4-2-9)6-12-13-8-15/h1,3-4,8-9,12H,2,5-6H2,(H,13,15)/t9-/m0/s1. The van der Waals surface area contributed by atoms with Gasteiger partial charge >= 0.3 is 0 Å². The van der Waals surface area contributed by atoms with E-state index >= 15 is 0 Å². The number of isocyanates is 1. The number of carbonyl (C=O) groups is 1. The molecule has 80 valence electrons. The topological polar surface area (TPSA) is 70.6 Å². The summed E-state index contributed by atoms with van der Waals surface area (Å²) in [6.07, 6.45) is 9.02. The number of hydrogen-bond acceptors (Lipinski definition) is 4. The molecule has 0 saturated heterocycles. The van der Waals surface area contributed by atoms with Crippen LogP contribution in [0.5, 0.6) is 0 Å². The maximum Gasteiger partial charge on any atom is 0.234 e. The fourth-order valence-corrected chi connectivity index (χ4v) is 1.32. The van der Waals surface area contributed by atoms with Crippen LogP contribution in [-0.2, 0) is 9.59 Å². The van der Waals surface area contributed by atoms with E-state index in [1.54, 1.807) is 0 Å². The van der Waals surface area contributed by atoms with Gasteiger partial charge in [-0.05, 0) is 12.0 Å². The predicted molar refractivity (Wildman–Crippen MR) is 55.5 cm³/mol. The van der Waals surface area contributed by atoms with Gasteiger partial charge in [-0.3, -0.25) is 10.2 Å². The molecule has 1 aliphatic carbocycles. The highest BCUT2D eigenvalue weighted by Crippen LogP contribution is 2.15. The molecule has 0 fully saturated rings. The van der Waals surface area contributed by atoms with E-state index in [0.717, 1.165) is 12.0 Å². The van der Waals surface area contributed by atoms with Crippen molar-refractivity contribution >= 4 is 12.5 Å². The predicted octanol–water partition coefficient (Wildman–Crippen LogP) is 0.0753. The number of aliphatic imine (C=N–C) groups is 1. The van der Waals surface area contributed by atoms with Gasteiger partial charge in [0.2, 0.25) is 12.5 Å². The average molecular weight is 207 g/mol. The second-order valence-electron chi connectivity index (χ2n) is 3.18. The van der Waals surface area contributed by atoms with Crippen molar-refractivity contribution in [2.75, 3.05) is 13.1 Å². The van der Waals surface area contributed by atoms with Gasteiger partial charge in [-0.1, -0.05) is 18.2 Å². The zero-order chi connectivity index (χ0) is 10.9. The van der Waals surface area contributed by atoms with Crippen LogP contribution in [0.3, 0.4) is 0 Å². The Morgan fingerprint density at radius 2 is 2.53 bits per heavy atom. The van der Waals surface area contributed by atoms with Crippen LogP contribution in [0.25, 0.3) is 0 Å². The summed E-state index contributed by atoms with van der Waals surface area (Å²) < 4.78 is 0. The van der Waals surface area contributed by atoms with E-state index in [0.29, 0.717) is 19.5 Å². The SMILES string of the molecule is O=C=NC[C@H]1C=CC(CNNC=O)=CC1. The molecular weight excluding hydrogens is 194 g/mol. The van der Waals surface area contributed by atoms with E-state index in [1.807, 2.05) is 12.2 Å². The van der Waals surface area contributed by atoms with Crippen molar-refractivity contribution in [1.29, 1.82) is 0 Å². The van der Waals surface area contributed by atoms with E-state index in [2.05, 4.69) is 21.9 Å². The van der Waals surface area contributed by atoms with Crippen LogP contribution in [0.2, 0.25) is 0 Å². The molecule has 0 aromatic carbocycles. The number of nitrogens with one attached hydrogen (secondary N) is 2. The Morgan fingerprint density at radius 1 is 1.67 bits per heavy atom. The molecule has 0 bridgehead atoms. The van der Waals surface area contributed by atoms with E-state index in [1.165, 1.54) is 6.08 Å². The highest BCUT2D eigenvalue weighted by molar-refractivity contribution is 5.45. The Kier molecular flexibility index (Phi) is 5.08. The monoisotopic (exact) mass is 207 g/mol. The van der Waals surface area contributed by atoms with Crippen molar-refractivity contribution in [2.45, 2.75) is 6.42 Å². The largest absolute Gasteiger partial charge is 0.294 e. The van der Waals surface area contributed by atoms with Crippen LogP contribution in [0, 0.1) is 5.92 Å². The van der Waals surface area contributed by atoms with Gasteiger partial charge in [0, 0.05) is 12.5 Å². The molecule has 0 heterocycles. The van der Waals surface area contributed by atoms with Gasteiger partial charge in [0.15, 0.2) is 0 Å². The summed E-state index contributed by atoms with van der Waals surface area (Å²) >= 11 is 0.